The molecule has 0 bridgehead atoms. The van der Waals surface area contributed by atoms with Gasteiger partial charge in [-0.2, -0.15) is 0 Å². The van der Waals surface area contributed by atoms with E-state index < -0.39 is 0 Å². The second-order valence-electron chi connectivity index (χ2n) is 4.15. The first kappa shape index (κ1) is 12.9. The number of ether oxygens (including phenoxy) is 1. The number of rotatable bonds is 4. The second kappa shape index (κ2) is 5.40. The van der Waals surface area contributed by atoms with Crippen molar-refractivity contribution in [3.8, 4) is 11.4 Å². The minimum atomic E-state index is 0.363. The highest BCUT2D eigenvalue weighted by Gasteiger charge is 2.15. The van der Waals surface area contributed by atoms with Gasteiger partial charge in [0.05, 0.1) is 12.8 Å². The summed E-state index contributed by atoms with van der Waals surface area (Å²) in [7, 11) is 1.64. The molecule has 1 heterocycles. The van der Waals surface area contributed by atoms with Gasteiger partial charge in [-0.1, -0.05) is 13.0 Å². The zero-order valence-electron chi connectivity index (χ0n) is 10.8. The summed E-state index contributed by atoms with van der Waals surface area (Å²) in [6, 6.07) is 5.95. The number of aryl methyl sites for hydroxylation is 2. The summed E-state index contributed by atoms with van der Waals surface area (Å²) in [5.74, 6) is 1.62. The van der Waals surface area contributed by atoms with Crippen LogP contribution in [0.15, 0.2) is 18.2 Å². The van der Waals surface area contributed by atoms with E-state index in [2.05, 4.69) is 17.1 Å². The molecule has 0 aliphatic heterocycles. The van der Waals surface area contributed by atoms with Gasteiger partial charge in [0, 0.05) is 6.42 Å². The van der Waals surface area contributed by atoms with Crippen molar-refractivity contribution in [2.45, 2.75) is 26.7 Å². The quantitative estimate of drug-likeness (QED) is 0.852. The Bertz CT molecular complexity index is 551. The summed E-state index contributed by atoms with van der Waals surface area (Å²) in [5.41, 5.74) is 2.02. The van der Waals surface area contributed by atoms with Crippen molar-refractivity contribution >= 4 is 11.6 Å². The predicted molar refractivity (Wildman–Crippen MR) is 71.7 cm³/mol. The number of nitrogens with zero attached hydrogens (tertiary/aromatic N) is 3. The van der Waals surface area contributed by atoms with Gasteiger partial charge in [0.15, 0.2) is 0 Å². The van der Waals surface area contributed by atoms with Crippen molar-refractivity contribution in [1.82, 2.24) is 14.8 Å². The molecule has 0 saturated heterocycles. The maximum Gasteiger partial charge on any atom is 0.229 e. The molecule has 0 atom stereocenters. The van der Waals surface area contributed by atoms with Crippen molar-refractivity contribution in [2.75, 3.05) is 7.11 Å². The molecule has 0 aliphatic carbocycles. The Morgan fingerprint density at radius 2 is 2.11 bits per heavy atom. The smallest absolute Gasteiger partial charge is 0.229 e. The van der Waals surface area contributed by atoms with Crippen LogP contribution in [0.3, 0.4) is 0 Å². The molecule has 2 aromatic rings. The van der Waals surface area contributed by atoms with Crippen LogP contribution in [0.25, 0.3) is 5.69 Å². The third-order valence-corrected chi connectivity index (χ3v) is 2.98. The molecule has 0 amide bonds. The average Bonchev–Trinajstić information content (AvgIpc) is 2.71. The molecule has 0 spiro atoms. The van der Waals surface area contributed by atoms with Crippen LogP contribution < -0.4 is 4.74 Å². The lowest BCUT2D eigenvalue weighted by molar-refractivity contribution is 0.412. The van der Waals surface area contributed by atoms with Crippen LogP contribution >= 0.6 is 11.6 Å². The molecule has 0 fully saturated rings. The van der Waals surface area contributed by atoms with Crippen molar-refractivity contribution in [3.63, 3.8) is 0 Å². The third-order valence-electron chi connectivity index (χ3n) is 2.74. The summed E-state index contributed by atoms with van der Waals surface area (Å²) in [6.45, 7) is 4.13. The molecule has 1 aromatic carbocycles. The SMILES string of the molecule is CCCc1nnc(Cl)n1-c1cc(C)ccc1OC. The fourth-order valence-corrected chi connectivity index (χ4v) is 2.12. The van der Waals surface area contributed by atoms with E-state index in [1.165, 1.54) is 0 Å². The number of aromatic nitrogens is 3. The Hall–Kier alpha value is -1.55. The molecule has 96 valence electrons. The molecule has 0 saturated carbocycles. The van der Waals surface area contributed by atoms with Gasteiger partial charge in [0.1, 0.15) is 11.6 Å². The molecule has 2 rings (SSSR count). The molecular weight excluding hydrogens is 250 g/mol. The first-order valence-corrected chi connectivity index (χ1v) is 6.30. The first-order valence-electron chi connectivity index (χ1n) is 5.92. The molecule has 18 heavy (non-hydrogen) atoms. The Morgan fingerprint density at radius 3 is 2.78 bits per heavy atom. The number of halogens is 1. The average molecular weight is 266 g/mol. The van der Waals surface area contributed by atoms with Gasteiger partial charge in [0.2, 0.25) is 5.28 Å². The van der Waals surface area contributed by atoms with Gasteiger partial charge in [-0.3, -0.25) is 4.57 Å². The highest BCUT2D eigenvalue weighted by atomic mass is 35.5. The maximum atomic E-state index is 6.13. The number of benzene rings is 1. The molecule has 4 nitrogen and oxygen atoms in total. The second-order valence-corrected chi connectivity index (χ2v) is 4.48. The van der Waals surface area contributed by atoms with E-state index in [4.69, 9.17) is 16.3 Å². The minimum absolute atomic E-state index is 0.363. The zero-order valence-corrected chi connectivity index (χ0v) is 11.5. The van der Waals surface area contributed by atoms with E-state index in [0.29, 0.717) is 5.28 Å². The van der Waals surface area contributed by atoms with Crippen LogP contribution in [0, 0.1) is 6.92 Å². The Labute approximate surface area is 112 Å². The van der Waals surface area contributed by atoms with E-state index in [1.807, 2.05) is 29.7 Å². The van der Waals surface area contributed by atoms with Crippen molar-refractivity contribution in [3.05, 3.63) is 34.9 Å². The molecule has 0 radical (unpaired) electrons. The van der Waals surface area contributed by atoms with Crippen LogP contribution in [0.1, 0.15) is 24.7 Å². The molecular formula is C13H16ClN3O. The van der Waals surface area contributed by atoms with Gasteiger partial charge in [-0.15, -0.1) is 10.2 Å². The normalized spacial score (nSPS) is 10.7. The lowest BCUT2D eigenvalue weighted by Crippen LogP contribution is -2.04. The Morgan fingerprint density at radius 1 is 1.33 bits per heavy atom. The van der Waals surface area contributed by atoms with Gasteiger partial charge in [-0.05, 0) is 42.6 Å². The minimum Gasteiger partial charge on any atom is -0.495 e. The van der Waals surface area contributed by atoms with Crippen molar-refractivity contribution in [2.24, 2.45) is 0 Å². The van der Waals surface area contributed by atoms with Crippen LogP contribution in [0.5, 0.6) is 5.75 Å². The Balaban J connectivity index is 2.60. The summed E-state index contributed by atoms with van der Waals surface area (Å²) < 4.78 is 7.22. The maximum absolute atomic E-state index is 6.13. The monoisotopic (exact) mass is 265 g/mol. The number of hydrogen-bond acceptors (Lipinski definition) is 3. The fourth-order valence-electron chi connectivity index (χ4n) is 1.89. The van der Waals surface area contributed by atoms with Gasteiger partial charge < -0.3 is 4.74 Å². The fraction of sp³-hybridized carbons (Fsp3) is 0.385. The Kier molecular flexibility index (Phi) is 3.87. The summed E-state index contributed by atoms with van der Waals surface area (Å²) in [5, 5.41) is 8.42. The van der Waals surface area contributed by atoms with E-state index >= 15 is 0 Å². The predicted octanol–water partition coefficient (Wildman–Crippen LogP) is 3.19. The van der Waals surface area contributed by atoms with E-state index in [9.17, 15) is 0 Å². The third kappa shape index (κ3) is 2.34. The first-order chi connectivity index (χ1) is 8.67. The van der Waals surface area contributed by atoms with Crippen LogP contribution in [-0.4, -0.2) is 21.9 Å². The molecule has 0 unspecified atom stereocenters. The molecule has 0 N–H and O–H groups in total. The molecule has 1 aromatic heterocycles. The standard InChI is InChI=1S/C13H16ClN3O/c1-4-5-12-15-16-13(14)17(12)10-8-9(2)6-7-11(10)18-3/h6-8H,4-5H2,1-3H3. The van der Waals surface area contributed by atoms with Crippen molar-refractivity contribution < 1.29 is 4.74 Å². The van der Waals surface area contributed by atoms with Crippen LogP contribution in [-0.2, 0) is 6.42 Å². The van der Waals surface area contributed by atoms with E-state index in [0.717, 1.165) is 35.7 Å². The van der Waals surface area contributed by atoms with E-state index in [-0.39, 0.29) is 0 Å². The van der Waals surface area contributed by atoms with E-state index in [1.54, 1.807) is 7.11 Å². The highest BCUT2D eigenvalue weighted by Crippen LogP contribution is 2.28. The highest BCUT2D eigenvalue weighted by molar-refractivity contribution is 6.28. The lowest BCUT2D eigenvalue weighted by atomic mass is 10.2. The number of hydrogen-bond donors (Lipinski definition) is 0. The summed E-state index contributed by atoms with van der Waals surface area (Å²) in [4.78, 5) is 0. The lowest BCUT2D eigenvalue weighted by Gasteiger charge is -2.12. The van der Waals surface area contributed by atoms with Gasteiger partial charge >= 0.3 is 0 Å². The summed E-state index contributed by atoms with van der Waals surface area (Å²) >= 11 is 6.13. The van der Waals surface area contributed by atoms with Gasteiger partial charge in [0.25, 0.3) is 0 Å². The molecule has 5 heteroatoms. The van der Waals surface area contributed by atoms with Crippen LogP contribution in [0.4, 0.5) is 0 Å². The molecule has 0 aliphatic rings. The number of methoxy groups -OCH3 is 1. The zero-order chi connectivity index (χ0) is 13.1. The van der Waals surface area contributed by atoms with Gasteiger partial charge in [-0.25, -0.2) is 0 Å². The largest absolute Gasteiger partial charge is 0.495 e. The van der Waals surface area contributed by atoms with Crippen LogP contribution in [0.2, 0.25) is 5.28 Å². The summed E-state index contributed by atoms with van der Waals surface area (Å²) in [6.07, 6.45) is 1.82. The topological polar surface area (TPSA) is 39.9 Å². The van der Waals surface area contributed by atoms with Crippen molar-refractivity contribution in [1.29, 1.82) is 0 Å².